The van der Waals surface area contributed by atoms with Crippen LogP contribution in [0.3, 0.4) is 0 Å². The van der Waals surface area contributed by atoms with Gasteiger partial charge in [-0.15, -0.1) is 37.2 Å². The third kappa shape index (κ3) is 12.0. The first kappa shape index (κ1) is 71.0. The van der Waals surface area contributed by atoms with Crippen molar-refractivity contribution in [3.05, 3.63) is 20.6 Å². The third-order valence-electron chi connectivity index (χ3n) is 14.9. The maximum Gasteiger partial charge on any atom is -0.147 e. The van der Waals surface area contributed by atoms with Gasteiger partial charge in [0.25, 0.3) is 0 Å². The molecule has 1 aliphatic rings. The molecule has 20 heteroatoms. The number of hydrogen-bond acceptors (Lipinski definition) is 15. The molecule has 1 unspecified atom stereocenters. The number of benzene rings is 3. The van der Waals surface area contributed by atoms with E-state index in [2.05, 4.69) is 313 Å². The zero-order chi connectivity index (χ0) is 57.1. The van der Waals surface area contributed by atoms with Crippen molar-refractivity contribution in [3.63, 3.8) is 0 Å². The summed E-state index contributed by atoms with van der Waals surface area (Å²) >= 11 is -1.32. The van der Waals surface area contributed by atoms with E-state index >= 15 is 0 Å². The SMILES string of the molecule is CC1=C(C)C(C)[C]([Ti][Si](c2c(N(C)C)c(N(C)C)c(N(C)C)c(N(C)C)c2N(C)C)(c2c(N(C)C)c(N(C)C)c(N(C)C)c(N(C)C)c2N(C)C)c2c(N(C)C)c(N(C)C)c(N(C)C)c(N(C)C)c2N(C)C)=C1C.Cl.Cl.Cl. The van der Waals surface area contributed by atoms with Gasteiger partial charge in [-0.05, 0) is 0 Å². The van der Waals surface area contributed by atoms with Crippen molar-refractivity contribution in [2.75, 3.05) is 285 Å². The number of halogens is 3. The van der Waals surface area contributed by atoms with E-state index in [1.54, 1.807) is 3.88 Å². The number of nitrogens with zero attached hydrogens (tertiary/aromatic N) is 15. The maximum absolute atomic E-state index is 3.84. The van der Waals surface area contributed by atoms with Crippen LogP contribution >= 0.6 is 37.2 Å². The smallest absolute Gasteiger partial charge is 0.147 e. The van der Waals surface area contributed by atoms with Gasteiger partial charge < -0.3 is 0 Å². The summed E-state index contributed by atoms with van der Waals surface area (Å²) in [5.41, 5.74) is 22.7. The standard InChI is InChI=1S/C48H90N15Si.C9H13.3ClH.Ti/c1-49(2)31-34(52(7)8)40(58(19)20)46(41(59(21)22)35(31)53(9)10)64(47-42(60(23)24)36(54(11)12)32(50(3)4)37(55(13)14)43(47)61(25)26)48-44(62(27)28)38(56(15)16)33(51(5)6)39(57(17)18)45(48)63(29)30;1-6-5-7(2)9(4)8(6)3;;;;/h1-30H3;6H,1-4H3;3*1H;. The van der Waals surface area contributed by atoms with Crippen molar-refractivity contribution in [2.45, 2.75) is 27.7 Å². The molecule has 0 aromatic heterocycles. The Morgan fingerprint density at radius 3 is 0.506 bits per heavy atom. The van der Waals surface area contributed by atoms with Gasteiger partial charge in [0.2, 0.25) is 0 Å². The molecule has 0 saturated heterocycles. The summed E-state index contributed by atoms with van der Waals surface area (Å²) in [6, 6.07) is 0. The van der Waals surface area contributed by atoms with Gasteiger partial charge in [-0.3, -0.25) is 0 Å². The van der Waals surface area contributed by atoms with Gasteiger partial charge in [-0.1, -0.05) is 0 Å². The van der Waals surface area contributed by atoms with Gasteiger partial charge in [0, 0.05) is 0 Å². The molecule has 1 aliphatic carbocycles. The van der Waals surface area contributed by atoms with Crippen molar-refractivity contribution in [3.8, 4) is 0 Å². The van der Waals surface area contributed by atoms with Gasteiger partial charge in [-0.25, -0.2) is 0 Å². The molecule has 15 nitrogen and oxygen atoms in total. The molecule has 0 spiro atoms. The van der Waals surface area contributed by atoms with Crippen molar-refractivity contribution >= 4 is 144 Å². The largest absolute Gasteiger partial charge is 0.147 e. The Balaban J connectivity index is 0.00000988. The molecule has 3 aromatic carbocycles. The molecule has 4 rings (SSSR count). The number of hydrogen-bond donors (Lipinski definition) is 0. The van der Waals surface area contributed by atoms with Crippen LogP contribution in [0.5, 0.6) is 0 Å². The topological polar surface area (TPSA) is 48.6 Å². The fraction of sp³-hybridized carbons (Fsp3) is 0.614. The predicted octanol–water partition coefficient (Wildman–Crippen LogP) is 7.25. The van der Waals surface area contributed by atoms with E-state index in [0.717, 1.165) is 0 Å². The summed E-state index contributed by atoms with van der Waals surface area (Å²) in [6.07, 6.45) is 0. The molecule has 3 aromatic rings. The van der Waals surface area contributed by atoms with E-state index in [-0.39, 0.29) is 43.1 Å². The predicted molar refractivity (Wildman–Crippen MR) is 361 cm³/mol. The molecule has 0 fully saturated rings. The second-order valence-electron chi connectivity index (χ2n) is 23.7. The van der Waals surface area contributed by atoms with Crippen LogP contribution in [0.1, 0.15) is 27.7 Å². The van der Waals surface area contributed by atoms with Crippen molar-refractivity contribution in [1.29, 1.82) is 0 Å². The van der Waals surface area contributed by atoms with Gasteiger partial charge in [0.1, 0.15) is 0 Å². The molecule has 0 N–H and O–H groups in total. The fourth-order valence-electron chi connectivity index (χ4n) is 11.9. The van der Waals surface area contributed by atoms with E-state index < -0.39 is 24.3 Å². The normalized spacial score (nSPS) is 13.0. The fourth-order valence-corrected chi connectivity index (χ4v) is 27.5. The van der Waals surface area contributed by atoms with Gasteiger partial charge in [0.15, 0.2) is 0 Å². The average molecular weight is 1180 g/mol. The summed E-state index contributed by atoms with van der Waals surface area (Å²) in [5, 5.41) is 4.28. The van der Waals surface area contributed by atoms with Crippen molar-refractivity contribution in [1.82, 2.24) is 0 Å². The Morgan fingerprint density at radius 2 is 0.390 bits per heavy atom. The molecule has 0 heterocycles. The zero-order valence-corrected chi connectivity index (χ0v) is 59.5. The van der Waals surface area contributed by atoms with Gasteiger partial charge in [0.05, 0.1) is 0 Å². The van der Waals surface area contributed by atoms with E-state index in [1.165, 1.54) is 118 Å². The van der Waals surface area contributed by atoms with Crippen LogP contribution in [0.25, 0.3) is 0 Å². The number of anilines is 15. The first-order chi connectivity index (χ1) is 33.9. The Kier molecular flexibility index (Phi) is 24.4. The molecule has 438 valence electrons. The maximum atomic E-state index is 2.51. The average Bonchev–Trinajstić information content (AvgIpc) is 3.44. The Labute approximate surface area is 498 Å². The number of allylic oxidation sites excluding steroid dienone is 4. The van der Waals surface area contributed by atoms with E-state index in [0.29, 0.717) is 0 Å². The van der Waals surface area contributed by atoms with Crippen LogP contribution in [-0.4, -0.2) is 217 Å². The Bertz CT molecular complexity index is 2270. The molecule has 0 amide bonds. The van der Waals surface area contributed by atoms with Crippen LogP contribution in [0.15, 0.2) is 20.6 Å². The molecule has 1 atom stereocenters. The minimum Gasteiger partial charge on any atom is -0.147 e. The minimum atomic E-state index is -3.84. The molecular formula is C57H106Cl3N15SiTi. The molecule has 0 bridgehead atoms. The summed E-state index contributed by atoms with van der Waals surface area (Å²) in [7, 11) is 68.0. The summed E-state index contributed by atoms with van der Waals surface area (Å²) < 4.78 is 1.63. The number of rotatable bonds is 20. The van der Waals surface area contributed by atoms with Crippen LogP contribution in [-0.2, 0) is 18.4 Å². The molecule has 0 aliphatic heterocycles. The quantitative estimate of drug-likeness (QED) is 0.0844. The zero-order valence-electron chi connectivity index (χ0n) is 54.5. The molecular weight excluding hydrogens is 1080 g/mol. The second-order valence-corrected chi connectivity index (χ2v) is 32.5. The van der Waals surface area contributed by atoms with Gasteiger partial charge in [-0.2, -0.15) is 0 Å². The van der Waals surface area contributed by atoms with E-state index in [4.69, 9.17) is 0 Å². The first-order valence-electron chi connectivity index (χ1n) is 25.9. The molecule has 0 saturated carbocycles. The molecule has 0 radical (unpaired) electrons. The third-order valence-corrected chi connectivity index (χ3v) is 27.0. The first-order valence-corrected chi connectivity index (χ1v) is 31.0. The molecule has 77 heavy (non-hydrogen) atoms. The van der Waals surface area contributed by atoms with Crippen LogP contribution in [0, 0.1) is 5.92 Å². The van der Waals surface area contributed by atoms with Crippen molar-refractivity contribution < 1.29 is 18.4 Å². The Hall–Kier alpha value is -4.06. The van der Waals surface area contributed by atoms with Crippen LogP contribution in [0.4, 0.5) is 85.3 Å². The minimum absolute atomic E-state index is 0. The summed E-state index contributed by atoms with van der Waals surface area (Å²) in [6.45, 7) is 9.74. The van der Waals surface area contributed by atoms with Gasteiger partial charge >= 0.3 is 464 Å². The van der Waals surface area contributed by atoms with Crippen molar-refractivity contribution in [2.24, 2.45) is 5.92 Å². The Morgan fingerprint density at radius 1 is 0.247 bits per heavy atom. The van der Waals surface area contributed by atoms with E-state index in [1.807, 2.05) is 0 Å². The van der Waals surface area contributed by atoms with Crippen LogP contribution < -0.4 is 89.1 Å². The monoisotopic (exact) mass is 1180 g/mol. The van der Waals surface area contributed by atoms with E-state index in [9.17, 15) is 0 Å². The van der Waals surface area contributed by atoms with Crippen LogP contribution in [0.2, 0.25) is 0 Å². The summed E-state index contributed by atoms with van der Waals surface area (Å²) in [4.78, 5) is 36.3. The second kappa shape index (κ2) is 26.5. The summed E-state index contributed by atoms with van der Waals surface area (Å²) in [5.74, 6) is -3.58.